The maximum Gasteiger partial charge on any atom is 0.334 e. The normalized spacial score (nSPS) is 22.5. The van der Waals surface area contributed by atoms with Gasteiger partial charge in [-0.15, -0.1) is 0 Å². The third-order valence-electron chi connectivity index (χ3n) is 5.51. The first kappa shape index (κ1) is 21.2. The Morgan fingerprint density at radius 2 is 1.62 bits per heavy atom. The van der Waals surface area contributed by atoms with Crippen LogP contribution in [0.4, 0.5) is 0 Å². The molecule has 2 heterocycles. The van der Waals surface area contributed by atoms with E-state index in [0.717, 1.165) is 24.8 Å². The first-order valence-electron chi connectivity index (χ1n) is 10.5. The first-order valence-corrected chi connectivity index (χ1v) is 10.5. The van der Waals surface area contributed by atoms with Gasteiger partial charge < -0.3 is 14.2 Å². The summed E-state index contributed by atoms with van der Waals surface area (Å²) in [7, 11) is 0. The Balaban J connectivity index is 1.61. The van der Waals surface area contributed by atoms with Crippen LogP contribution in [0.2, 0.25) is 0 Å². The lowest BCUT2D eigenvalue weighted by molar-refractivity contribution is -0.142. The van der Waals surface area contributed by atoms with Crippen molar-refractivity contribution in [3.63, 3.8) is 0 Å². The minimum Gasteiger partial charge on any atom is -0.487 e. The molecule has 2 fully saturated rings. The smallest absolute Gasteiger partial charge is 0.334 e. The van der Waals surface area contributed by atoms with Crippen molar-refractivity contribution >= 4 is 11.9 Å². The highest BCUT2D eigenvalue weighted by atomic mass is 16.6. The van der Waals surface area contributed by atoms with Gasteiger partial charge in [-0.1, -0.05) is 57.9 Å². The number of carbonyl (C=O) groups is 2. The van der Waals surface area contributed by atoms with E-state index in [4.69, 9.17) is 14.2 Å². The zero-order chi connectivity index (χ0) is 20.8. The molecule has 0 saturated carbocycles. The molecule has 156 valence electrons. The highest BCUT2D eigenvalue weighted by molar-refractivity contribution is 5.90. The Labute approximate surface area is 172 Å². The van der Waals surface area contributed by atoms with Gasteiger partial charge in [0.05, 0.1) is 0 Å². The third kappa shape index (κ3) is 5.49. The third-order valence-corrected chi connectivity index (χ3v) is 5.51. The number of benzene rings is 1. The van der Waals surface area contributed by atoms with E-state index in [1.807, 2.05) is 24.3 Å². The molecule has 1 aromatic carbocycles. The number of cyclic esters (lactones) is 2. The van der Waals surface area contributed by atoms with E-state index in [9.17, 15) is 9.59 Å². The lowest BCUT2D eigenvalue weighted by Gasteiger charge is -2.24. The van der Waals surface area contributed by atoms with E-state index >= 15 is 0 Å². The predicted octanol–water partition coefficient (Wildman–Crippen LogP) is 5.21. The molecule has 0 radical (unpaired) electrons. The van der Waals surface area contributed by atoms with Gasteiger partial charge in [0.25, 0.3) is 0 Å². The number of rotatable bonds is 10. The van der Waals surface area contributed by atoms with Crippen molar-refractivity contribution in [1.82, 2.24) is 0 Å². The van der Waals surface area contributed by atoms with Crippen LogP contribution < -0.4 is 4.74 Å². The summed E-state index contributed by atoms with van der Waals surface area (Å²) in [6.45, 7) is 9.70. The minimum absolute atomic E-state index is 0.199. The lowest BCUT2D eigenvalue weighted by atomic mass is 10.0. The Morgan fingerprint density at radius 1 is 0.966 bits per heavy atom. The number of hydrogen-bond donors (Lipinski definition) is 0. The molecule has 3 unspecified atom stereocenters. The molecule has 3 atom stereocenters. The molecule has 29 heavy (non-hydrogen) atoms. The van der Waals surface area contributed by atoms with E-state index in [1.165, 1.54) is 19.3 Å². The lowest BCUT2D eigenvalue weighted by Crippen LogP contribution is -2.31. The molecular formula is C24H30O5. The summed E-state index contributed by atoms with van der Waals surface area (Å²) in [5.41, 5.74) is 1.93. The molecule has 0 bridgehead atoms. The van der Waals surface area contributed by atoms with Crippen LogP contribution in [0.15, 0.2) is 48.6 Å². The van der Waals surface area contributed by atoms with Gasteiger partial charge >= 0.3 is 11.9 Å². The standard InChI is InChI=1S/C24H30O5/c1-4-5-6-7-8-9-20(22-15-17(3)24(26)29-22)27-19-12-10-18(11-13-19)21-14-16(2)23(25)28-21/h10-13,20-22H,2-9,14-15H2,1H3. The summed E-state index contributed by atoms with van der Waals surface area (Å²) in [5, 5.41) is 0. The Bertz CT molecular complexity index is 732. The second kappa shape index (κ2) is 9.77. The van der Waals surface area contributed by atoms with E-state index in [-0.39, 0.29) is 30.3 Å². The number of carbonyl (C=O) groups excluding carboxylic acids is 2. The molecule has 0 aromatic heterocycles. The fourth-order valence-electron chi connectivity index (χ4n) is 3.75. The maximum atomic E-state index is 11.8. The van der Waals surface area contributed by atoms with Crippen molar-refractivity contribution in [3.8, 4) is 5.75 Å². The number of unbranched alkanes of at least 4 members (excludes halogenated alkanes) is 4. The van der Waals surface area contributed by atoms with Gasteiger partial charge in [0, 0.05) is 24.0 Å². The van der Waals surface area contributed by atoms with Crippen molar-refractivity contribution in [2.24, 2.45) is 0 Å². The minimum atomic E-state index is -0.332. The van der Waals surface area contributed by atoms with E-state index in [0.29, 0.717) is 29.7 Å². The molecule has 3 rings (SSSR count). The van der Waals surface area contributed by atoms with Gasteiger partial charge in [-0.3, -0.25) is 0 Å². The molecule has 0 N–H and O–H groups in total. The average Bonchev–Trinajstić information content (AvgIpc) is 3.22. The first-order chi connectivity index (χ1) is 14.0. The second-order valence-electron chi connectivity index (χ2n) is 7.88. The van der Waals surface area contributed by atoms with Gasteiger partial charge in [-0.25, -0.2) is 9.59 Å². The summed E-state index contributed by atoms with van der Waals surface area (Å²) in [6.07, 6.45) is 6.91. The topological polar surface area (TPSA) is 61.8 Å². The SMILES string of the molecule is C=C1CC(c2ccc(OC(CCCCCCC)C3CC(=C)C(=O)O3)cc2)OC1=O. The highest BCUT2D eigenvalue weighted by Crippen LogP contribution is 2.33. The van der Waals surface area contributed by atoms with Crippen molar-refractivity contribution in [3.05, 3.63) is 54.1 Å². The Hall–Kier alpha value is -2.56. The van der Waals surface area contributed by atoms with Gasteiger partial charge in [0.15, 0.2) is 0 Å². The Morgan fingerprint density at radius 3 is 2.21 bits per heavy atom. The molecule has 0 amide bonds. The zero-order valence-corrected chi connectivity index (χ0v) is 17.2. The van der Waals surface area contributed by atoms with E-state index in [1.54, 1.807) is 0 Å². The average molecular weight is 398 g/mol. The van der Waals surface area contributed by atoms with Crippen molar-refractivity contribution in [2.45, 2.75) is 76.6 Å². The Kier molecular flexibility index (Phi) is 7.13. The number of ether oxygens (including phenoxy) is 3. The predicted molar refractivity (Wildman–Crippen MR) is 110 cm³/mol. The molecular weight excluding hydrogens is 368 g/mol. The van der Waals surface area contributed by atoms with Crippen molar-refractivity contribution in [1.29, 1.82) is 0 Å². The van der Waals surface area contributed by atoms with Crippen molar-refractivity contribution in [2.75, 3.05) is 0 Å². The van der Waals surface area contributed by atoms with Crippen LogP contribution in [-0.4, -0.2) is 24.1 Å². The van der Waals surface area contributed by atoms with Crippen LogP contribution >= 0.6 is 0 Å². The molecule has 2 saturated heterocycles. The molecule has 0 spiro atoms. The summed E-state index contributed by atoms with van der Waals surface area (Å²) in [5.74, 6) is 0.0546. The quantitative estimate of drug-likeness (QED) is 0.308. The molecule has 1 aromatic rings. The van der Waals surface area contributed by atoms with Gasteiger partial charge in [-0.05, 0) is 30.5 Å². The molecule has 2 aliphatic rings. The fourth-order valence-corrected chi connectivity index (χ4v) is 3.75. The van der Waals surface area contributed by atoms with E-state index < -0.39 is 0 Å². The van der Waals surface area contributed by atoms with Crippen molar-refractivity contribution < 1.29 is 23.8 Å². The molecule has 2 aliphatic heterocycles. The van der Waals surface area contributed by atoms with Crippen LogP contribution in [0, 0.1) is 0 Å². The molecule has 5 nitrogen and oxygen atoms in total. The fraction of sp³-hybridized carbons (Fsp3) is 0.500. The maximum absolute atomic E-state index is 11.8. The second-order valence-corrected chi connectivity index (χ2v) is 7.88. The van der Waals surface area contributed by atoms with Crippen LogP contribution in [0.25, 0.3) is 0 Å². The van der Waals surface area contributed by atoms with Crippen LogP contribution in [0.3, 0.4) is 0 Å². The van der Waals surface area contributed by atoms with Gasteiger partial charge in [-0.2, -0.15) is 0 Å². The number of hydrogen-bond acceptors (Lipinski definition) is 5. The van der Waals surface area contributed by atoms with Gasteiger partial charge in [0.1, 0.15) is 24.1 Å². The summed E-state index contributed by atoms with van der Waals surface area (Å²) < 4.78 is 17.0. The summed E-state index contributed by atoms with van der Waals surface area (Å²) in [6, 6.07) is 7.56. The highest BCUT2D eigenvalue weighted by Gasteiger charge is 2.35. The molecule has 5 heteroatoms. The van der Waals surface area contributed by atoms with Crippen LogP contribution in [-0.2, 0) is 19.1 Å². The number of esters is 2. The van der Waals surface area contributed by atoms with Gasteiger partial charge in [0.2, 0.25) is 0 Å². The molecule has 0 aliphatic carbocycles. The summed E-state index contributed by atoms with van der Waals surface area (Å²) >= 11 is 0. The van der Waals surface area contributed by atoms with E-state index in [2.05, 4.69) is 20.1 Å². The summed E-state index contributed by atoms with van der Waals surface area (Å²) in [4.78, 5) is 23.3. The largest absolute Gasteiger partial charge is 0.487 e. The van der Waals surface area contributed by atoms with Crippen LogP contribution in [0.1, 0.15) is 70.0 Å². The van der Waals surface area contributed by atoms with Crippen LogP contribution in [0.5, 0.6) is 5.75 Å². The monoisotopic (exact) mass is 398 g/mol. The zero-order valence-electron chi connectivity index (χ0n) is 17.2.